The van der Waals surface area contributed by atoms with Gasteiger partial charge in [-0.2, -0.15) is 0 Å². The van der Waals surface area contributed by atoms with Gasteiger partial charge in [0, 0.05) is 24.7 Å². The van der Waals surface area contributed by atoms with E-state index in [1.807, 2.05) is 0 Å². The van der Waals surface area contributed by atoms with Crippen molar-refractivity contribution in [1.82, 2.24) is 4.90 Å². The van der Waals surface area contributed by atoms with Crippen LogP contribution >= 0.6 is 15.9 Å². The van der Waals surface area contributed by atoms with Gasteiger partial charge >= 0.3 is 0 Å². The Labute approximate surface area is 119 Å². The van der Waals surface area contributed by atoms with Crippen molar-refractivity contribution in [3.63, 3.8) is 0 Å². The van der Waals surface area contributed by atoms with Gasteiger partial charge in [-0.25, -0.2) is 0 Å². The van der Waals surface area contributed by atoms with E-state index < -0.39 is 4.92 Å². The first-order valence-electron chi connectivity index (χ1n) is 6.33. The summed E-state index contributed by atoms with van der Waals surface area (Å²) in [7, 11) is 0. The topological polar surface area (TPSA) is 63.4 Å². The molecule has 0 radical (unpaired) electrons. The van der Waals surface area contributed by atoms with Crippen molar-refractivity contribution >= 4 is 27.5 Å². The molecule has 1 heterocycles. The van der Waals surface area contributed by atoms with E-state index in [0.717, 1.165) is 38.8 Å². The summed E-state index contributed by atoms with van der Waals surface area (Å²) in [6, 6.07) is 4.53. The molecule has 1 aliphatic heterocycles. The van der Waals surface area contributed by atoms with Crippen LogP contribution in [0.15, 0.2) is 22.7 Å². The van der Waals surface area contributed by atoms with Gasteiger partial charge in [0.1, 0.15) is 0 Å². The van der Waals surface area contributed by atoms with E-state index in [1.165, 1.54) is 6.07 Å². The molecule has 0 unspecified atom stereocenters. The molecule has 1 fully saturated rings. The van der Waals surface area contributed by atoms with E-state index in [9.17, 15) is 14.9 Å². The Morgan fingerprint density at radius 3 is 2.42 bits per heavy atom. The van der Waals surface area contributed by atoms with Crippen LogP contribution in [0.2, 0.25) is 0 Å². The summed E-state index contributed by atoms with van der Waals surface area (Å²) in [6.07, 6.45) is 4.29. The van der Waals surface area contributed by atoms with Gasteiger partial charge in [-0.05, 0) is 40.9 Å². The van der Waals surface area contributed by atoms with E-state index in [4.69, 9.17) is 0 Å². The number of likely N-dealkylation sites (tertiary alicyclic amines) is 1. The molecule has 0 aromatic heterocycles. The maximum atomic E-state index is 12.3. The average molecular weight is 327 g/mol. The van der Waals surface area contributed by atoms with E-state index in [0.29, 0.717) is 10.0 Å². The Balaban J connectivity index is 2.23. The van der Waals surface area contributed by atoms with E-state index in [-0.39, 0.29) is 11.6 Å². The Morgan fingerprint density at radius 2 is 1.84 bits per heavy atom. The molecule has 0 bridgehead atoms. The molecule has 1 aromatic carbocycles. The van der Waals surface area contributed by atoms with Gasteiger partial charge in [0.15, 0.2) is 0 Å². The van der Waals surface area contributed by atoms with Crippen LogP contribution in [0.5, 0.6) is 0 Å². The quantitative estimate of drug-likeness (QED) is 0.618. The predicted molar refractivity (Wildman–Crippen MR) is 75.2 cm³/mol. The number of halogens is 1. The number of hydrogen-bond acceptors (Lipinski definition) is 3. The lowest BCUT2D eigenvalue weighted by atomic mass is 10.1. The van der Waals surface area contributed by atoms with Crippen LogP contribution in [0.3, 0.4) is 0 Å². The minimum absolute atomic E-state index is 0.0688. The second kappa shape index (κ2) is 6.14. The molecule has 0 N–H and O–H groups in total. The lowest BCUT2D eigenvalue weighted by molar-refractivity contribution is -0.385. The number of nitro benzene ring substituents is 1. The van der Waals surface area contributed by atoms with Gasteiger partial charge in [0.05, 0.1) is 9.40 Å². The molecule has 5 nitrogen and oxygen atoms in total. The molecule has 1 aromatic rings. The highest BCUT2D eigenvalue weighted by Crippen LogP contribution is 2.26. The summed E-state index contributed by atoms with van der Waals surface area (Å²) in [4.78, 5) is 24.5. The predicted octanol–water partition coefficient (Wildman–Crippen LogP) is 3.37. The molecule has 0 saturated carbocycles. The fourth-order valence-corrected chi connectivity index (χ4v) is 2.63. The highest BCUT2D eigenvalue weighted by Gasteiger charge is 2.20. The van der Waals surface area contributed by atoms with Gasteiger partial charge in [-0.3, -0.25) is 14.9 Å². The molecule has 1 saturated heterocycles. The van der Waals surface area contributed by atoms with Crippen LogP contribution in [0.1, 0.15) is 36.0 Å². The molecule has 0 aliphatic carbocycles. The van der Waals surface area contributed by atoms with Crippen molar-refractivity contribution in [3.05, 3.63) is 38.3 Å². The number of carbonyl (C=O) groups is 1. The Hall–Kier alpha value is -1.43. The van der Waals surface area contributed by atoms with Crippen molar-refractivity contribution < 1.29 is 9.72 Å². The molecule has 19 heavy (non-hydrogen) atoms. The fraction of sp³-hybridized carbons (Fsp3) is 0.462. The lowest BCUT2D eigenvalue weighted by Gasteiger charge is -2.20. The summed E-state index contributed by atoms with van der Waals surface area (Å²) in [5.74, 6) is -0.113. The maximum absolute atomic E-state index is 12.3. The van der Waals surface area contributed by atoms with Gasteiger partial charge < -0.3 is 4.90 Å². The number of amides is 1. The minimum atomic E-state index is -0.483. The number of nitrogens with zero attached hydrogens (tertiary/aromatic N) is 2. The molecule has 6 heteroatoms. The smallest absolute Gasteiger partial charge is 0.284 e. The zero-order chi connectivity index (χ0) is 13.8. The van der Waals surface area contributed by atoms with Gasteiger partial charge in [0.25, 0.3) is 11.6 Å². The minimum Gasteiger partial charge on any atom is -0.339 e. The molecule has 2 rings (SSSR count). The van der Waals surface area contributed by atoms with Crippen molar-refractivity contribution in [2.24, 2.45) is 0 Å². The Kier molecular flexibility index (Phi) is 4.52. The Bertz CT molecular complexity index is 497. The molecule has 1 amide bonds. The number of benzene rings is 1. The second-order valence-corrected chi connectivity index (χ2v) is 5.48. The third-order valence-corrected chi connectivity index (χ3v) is 3.95. The summed E-state index contributed by atoms with van der Waals surface area (Å²) in [6.45, 7) is 1.48. The van der Waals surface area contributed by atoms with E-state index >= 15 is 0 Å². The van der Waals surface area contributed by atoms with Crippen molar-refractivity contribution in [3.8, 4) is 0 Å². The Morgan fingerprint density at radius 1 is 1.21 bits per heavy atom. The lowest BCUT2D eigenvalue weighted by Crippen LogP contribution is -2.31. The maximum Gasteiger partial charge on any atom is 0.284 e. The zero-order valence-corrected chi connectivity index (χ0v) is 12.1. The summed E-state index contributed by atoms with van der Waals surface area (Å²) in [5.41, 5.74) is 0.317. The van der Waals surface area contributed by atoms with Gasteiger partial charge in [-0.15, -0.1) is 0 Å². The second-order valence-electron chi connectivity index (χ2n) is 4.63. The largest absolute Gasteiger partial charge is 0.339 e. The zero-order valence-electron chi connectivity index (χ0n) is 10.5. The normalized spacial score (nSPS) is 15.9. The van der Waals surface area contributed by atoms with E-state index in [2.05, 4.69) is 15.9 Å². The number of nitro groups is 1. The standard InChI is InChI=1S/C13H15BrN2O3/c14-11-6-5-10(9-12(11)16(18)19)13(17)15-7-3-1-2-4-8-15/h5-6,9H,1-4,7-8H2. The SMILES string of the molecule is O=C(c1ccc(Br)c([N+](=O)[O-])c1)N1CCCCCC1. The van der Waals surface area contributed by atoms with E-state index in [1.54, 1.807) is 17.0 Å². The van der Waals surface area contributed by atoms with Crippen molar-refractivity contribution in [2.75, 3.05) is 13.1 Å². The van der Waals surface area contributed by atoms with Crippen LogP contribution in [0.25, 0.3) is 0 Å². The highest BCUT2D eigenvalue weighted by atomic mass is 79.9. The first-order valence-corrected chi connectivity index (χ1v) is 7.12. The number of rotatable bonds is 2. The van der Waals surface area contributed by atoms with Crippen LogP contribution in [-0.2, 0) is 0 Å². The van der Waals surface area contributed by atoms with Crippen LogP contribution < -0.4 is 0 Å². The third-order valence-electron chi connectivity index (χ3n) is 3.28. The van der Waals surface area contributed by atoms with Crippen molar-refractivity contribution in [1.29, 1.82) is 0 Å². The molecule has 0 spiro atoms. The molecule has 1 aliphatic rings. The van der Waals surface area contributed by atoms with Gasteiger partial charge in [0.2, 0.25) is 0 Å². The molecule has 0 atom stereocenters. The number of carbonyl (C=O) groups excluding carboxylic acids is 1. The molecular weight excluding hydrogens is 312 g/mol. The van der Waals surface area contributed by atoms with Crippen molar-refractivity contribution in [2.45, 2.75) is 25.7 Å². The van der Waals surface area contributed by atoms with Gasteiger partial charge in [-0.1, -0.05) is 12.8 Å². The monoisotopic (exact) mass is 326 g/mol. The highest BCUT2D eigenvalue weighted by molar-refractivity contribution is 9.10. The molecular formula is C13H15BrN2O3. The summed E-state index contributed by atoms with van der Waals surface area (Å²) in [5, 5.41) is 10.9. The fourth-order valence-electron chi connectivity index (χ4n) is 2.24. The van der Waals surface area contributed by atoms with Crippen LogP contribution in [-0.4, -0.2) is 28.8 Å². The third kappa shape index (κ3) is 3.32. The summed E-state index contributed by atoms with van der Waals surface area (Å²) >= 11 is 3.12. The average Bonchev–Trinajstić information content (AvgIpc) is 2.67. The summed E-state index contributed by atoms with van der Waals surface area (Å²) < 4.78 is 0.393. The van der Waals surface area contributed by atoms with Crippen LogP contribution in [0, 0.1) is 10.1 Å². The van der Waals surface area contributed by atoms with Crippen LogP contribution in [0.4, 0.5) is 5.69 Å². The molecule has 102 valence electrons. The first-order chi connectivity index (χ1) is 9.09. The first kappa shape index (κ1) is 14.0. The number of hydrogen-bond donors (Lipinski definition) is 0.